The van der Waals surface area contributed by atoms with Crippen molar-refractivity contribution in [3.63, 3.8) is 0 Å². The van der Waals surface area contributed by atoms with E-state index >= 15 is 0 Å². The molecular formula is C19H28N2O3. The van der Waals surface area contributed by atoms with Crippen LogP contribution in [0, 0.1) is 5.92 Å². The van der Waals surface area contributed by atoms with Gasteiger partial charge in [0.2, 0.25) is 5.91 Å². The van der Waals surface area contributed by atoms with E-state index in [4.69, 9.17) is 9.47 Å². The third-order valence-electron chi connectivity index (χ3n) is 5.13. The summed E-state index contributed by atoms with van der Waals surface area (Å²) in [5.41, 5.74) is 0.997. The lowest BCUT2D eigenvalue weighted by molar-refractivity contribution is -0.139. The Morgan fingerprint density at radius 1 is 1.38 bits per heavy atom. The zero-order chi connectivity index (χ0) is 17.2. The van der Waals surface area contributed by atoms with Crippen LogP contribution >= 0.6 is 0 Å². The van der Waals surface area contributed by atoms with Gasteiger partial charge in [-0.05, 0) is 31.4 Å². The molecule has 0 radical (unpaired) electrons. The van der Waals surface area contributed by atoms with Crippen molar-refractivity contribution in [1.29, 1.82) is 0 Å². The number of carbonyl (C=O) groups excluding carboxylic acids is 1. The standard InChI is InChI=1S/C19H28N2O3/c1-14(2)18(22)21-9-7-19(8-10-21)12-16(13-24-19)20-15-5-4-6-17(11-15)23-3/h4-6,11,14,16,20H,7-10,12-13H2,1-3H3/t16-/m1/s1. The van der Waals surface area contributed by atoms with E-state index in [0.29, 0.717) is 6.04 Å². The summed E-state index contributed by atoms with van der Waals surface area (Å²) in [5, 5.41) is 3.55. The van der Waals surface area contributed by atoms with Crippen LogP contribution in [0.4, 0.5) is 5.69 Å². The molecule has 5 heteroatoms. The van der Waals surface area contributed by atoms with Gasteiger partial charge in [-0.15, -0.1) is 0 Å². The van der Waals surface area contributed by atoms with Crippen LogP contribution in [0.5, 0.6) is 5.75 Å². The van der Waals surface area contributed by atoms with Gasteiger partial charge in [-0.3, -0.25) is 4.79 Å². The Morgan fingerprint density at radius 2 is 2.12 bits per heavy atom. The van der Waals surface area contributed by atoms with Gasteiger partial charge in [0.05, 0.1) is 25.4 Å². The molecule has 2 fully saturated rings. The number of anilines is 1. The van der Waals surface area contributed by atoms with E-state index in [2.05, 4.69) is 11.4 Å². The smallest absolute Gasteiger partial charge is 0.225 e. The van der Waals surface area contributed by atoms with E-state index in [9.17, 15) is 4.79 Å². The highest BCUT2D eigenvalue weighted by atomic mass is 16.5. The molecule has 1 spiro atoms. The van der Waals surface area contributed by atoms with Gasteiger partial charge in [-0.25, -0.2) is 0 Å². The Balaban J connectivity index is 1.55. The predicted molar refractivity (Wildman–Crippen MR) is 94.4 cm³/mol. The normalized spacial score (nSPS) is 22.8. The van der Waals surface area contributed by atoms with Gasteiger partial charge < -0.3 is 19.7 Å². The van der Waals surface area contributed by atoms with E-state index in [1.165, 1.54) is 0 Å². The van der Waals surface area contributed by atoms with Gasteiger partial charge in [0, 0.05) is 30.8 Å². The molecule has 1 amide bonds. The lowest BCUT2D eigenvalue weighted by atomic mass is 9.87. The van der Waals surface area contributed by atoms with E-state index in [1.807, 2.05) is 36.9 Å². The van der Waals surface area contributed by atoms with Gasteiger partial charge in [-0.1, -0.05) is 19.9 Å². The first-order chi connectivity index (χ1) is 11.5. The SMILES string of the molecule is COc1cccc(N[C@H]2COC3(CCN(C(=O)C(C)C)CC3)C2)c1. The molecule has 0 unspecified atom stereocenters. The summed E-state index contributed by atoms with van der Waals surface area (Å²) < 4.78 is 11.5. The van der Waals surface area contributed by atoms with E-state index < -0.39 is 0 Å². The average molecular weight is 332 g/mol. The summed E-state index contributed by atoms with van der Waals surface area (Å²) >= 11 is 0. The van der Waals surface area contributed by atoms with Crippen LogP contribution in [0.1, 0.15) is 33.1 Å². The van der Waals surface area contributed by atoms with Crippen molar-refractivity contribution in [3.8, 4) is 5.75 Å². The number of piperidine rings is 1. The van der Waals surface area contributed by atoms with Crippen molar-refractivity contribution >= 4 is 11.6 Å². The molecule has 1 aromatic rings. The molecule has 2 aliphatic rings. The van der Waals surface area contributed by atoms with Crippen LogP contribution < -0.4 is 10.1 Å². The van der Waals surface area contributed by atoms with Gasteiger partial charge in [0.25, 0.3) is 0 Å². The van der Waals surface area contributed by atoms with Crippen LogP contribution in [0.2, 0.25) is 0 Å². The van der Waals surface area contributed by atoms with Crippen molar-refractivity contribution in [2.45, 2.75) is 44.8 Å². The number of carbonyl (C=O) groups is 1. The largest absolute Gasteiger partial charge is 0.497 e. The van der Waals surface area contributed by atoms with Gasteiger partial charge >= 0.3 is 0 Å². The topological polar surface area (TPSA) is 50.8 Å². The Bertz CT molecular complexity index is 580. The molecule has 5 nitrogen and oxygen atoms in total. The zero-order valence-corrected chi connectivity index (χ0v) is 14.9. The fraction of sp³-hybridized carbons (Fsp3) is 0.632. The number of likely N-dealkylation sites (tertiary alicyclic amines) is 1. The average Bonchev–Trinajstić information content (AvgIpc) is 2.97. The molecular weight excluding hydrogens is 304 g/mol. The number of benzene rings is 1. The first-order valence-electron chi connectivity index (χ1n) is 8.85. The molecule has 132 valence electrons. The highest BCUT2D eigenvalue weighted by molar-refractivity contribution is 5.78. The molecule has 1 N–H and O–H groups in total. The molecule has 2 aliphatic heterocycles. The fourth-order valence-electron chi connectivity index (χ4n) is 3.73. The number of amides is 1. The highest BCUT2D eigenvalue weighted by Crippen LogP contribution is 2.37. The van der Waals surface area contributed by atoms with E-state index in [-0.39, 0.29) is 17.4 Å². The molecule has 0 bridgehead atoms. The highest BCUT2D eigenvalue weighted by Gasteiger charge is 2.43. The summed E-state index contributed by atoms with van der Waals surface area (Å²) in [7, 11) is 1.68. The van der Waals surface area contributed by atoms with Gasteiger partial charge in [-0.2, -0.15) is 0 Å². The fourth-order valence-corrected chi connectivity index (χ4v) is 3.73. The van der Waals surface area contributed by atoms with Crippen LogP contribution in [-0.4, -0.2) is 49.3 Å². The van der Waals surface area contributed by atoms with Crippen molar-refractivity contribution in [2.75, 3.05) is 32.1 Å². The number of nitrogens with one attached hydrogen (secondary N) is 1. The lowest BCUT2D eigenvalue weighted by Gasteiger charge is -2.39. The quantitative estimate of drug-likeness (QED) is 0.921. The number of ether oxygens (including phenoxy) is 2. The number of methoxy groups -OCH3 is 1. The van der Waals surface area contributed by atoms with Gasteiger partial charge in [0.15, 0.2) is 0 Å². The minimum absolute atomic E-state index is 0.0652. The summed E-state index contributed by atoms with van der Waals surface area (Å²) in [6, 6.07) is 8.30. The van der Waals surface area contributed by atoms with Gasteiger partial charge in [0.1, 0.15) is 5.75 Å². The second-order valence-corrected chi connectivity index (χ2v) is 7.25. The first kappa shape index (κ1) is 17.1. The Morgan fingerprint density at radius 3 is 2.79 bits per heavy atom. The zero-order valence-electron chi connectivity index (χ0n) is 14.9. The minimum Gasteiger partial charge on any atom is -0.497 e. The van der Waals surface area contributed by atoms with Crippen molar-refractivity contribution in [3.05, 3.63) is 24.3 Å². The number of nitrogens with zero attached hydrogens (tertiary/aromatic N) is 1. The second-order valence-electron chi connectivity index (χ2n) is 7.25. The van der Waals surface area contributed by atoms with E-state index in [1.54, 1.807) is 7.11 Å². The van der Waals surface area contributed by atoms with Crippen LogP contribution in [0.3, 0.4) is 0 Å². The number of hydrogen-bond donors (Lipinski definition) is 1. The number of hydrogen-bond acceptors (Lipinski definition) is 4. The van der Waals surface area contributed by atoms with Crippen molar-refractivity contribution in [1.82, 2.24) is 4.90 Å². The van der Waals surface area contributed by atoms with E-state index in [0.717, 1.165) is 50.4 Å². The molecule has 1 atom stereocenters. The Kier molecular flexibility index (Phi) is 4.99. The van der Waals surface area contributed by atoms with Crippen LogP contribution in [0.15, 0.2) is 24.3 Å². The molecule has 2 saturated heterocycles. The summed E-state index contributed by atoms with van der Waals surface area (Å²) in [4.78, 5) is 14.1. The molecule has 2 heterocycles. The maximum Gasteiger partial charge on any atom is 0.225 e. The Hall–Kier alpha value is -1.75. The first-order valence-corrected chi connectivity index (χ1v) is 8.85. The molecule has 0 saturated carbocycles. The lowest BCUT2D eigenvalue weighted by Crippen LogP contribution is -2.47. The van der Waals surface area contributed by atoms with Crippen molar-refractivity contribution < 1.29 is 14.3 Å². The maximum absolute atomic E-state index is 12.1. The molecule has 0 aromatic heterocycles. The molecule has 1 aromatic carbocycles. The maximum atomic E-state index is 12.1. The van der Waals surface area contributed by atoms with Crippen molar-refractivity contribution in [2.24, 2.45) is 5.92 Å². The third kappa shape index (κ3) is 3.66. The molecule has 0 aliphatic carbocycles. The van der Waals surface area contributed by atoms with Crippen LogP contribution in [-0.2, 0) is 9.53 Å². The monoisotopic (exact) mass is 332 g/mol. The summed E-state index contributed by atoms with van der Waals surface area (Å²) in [5.74, 6) is 1.19. The number of rotatable bonds is 4. The second kappa shape index (κ2) is 7.01. The summed E-state index contributed by atoms with van der Waals surface area (Å²) in [6.45, 7) is 6.26. The predicted octanol–water partition coefficient (Wildman–Crippen LogP) is 2.91. The Labute approximate surface area is 144 Å². The third-order valence-corrected chi connectivity index (χ3v) is 5.13. The molecule has 24 heavy (non-hydrogen) atoms. The molecule has 3 rings (SSSR count). The van der Waals surface area contributed by atoms with Crippen LogP contribution in [0.25, 0.3) is 0 Å². The summed E-state index contributed by atoms with van der Waals surface area (Å²) in [6.07, 6.45) is 2.86. The minimum atomic E-state index is -0.0652.